The van der Waals surface area contributed by atoms with E-state index in [2.05, 4.69) is 30.8 Å². The standard InChI is InChI=1S/C15H16O/c1-11(2)15(16)10-13-8-5-7-12-6-3-4-9-14(12)13/h3-9,15-16H,1,10H2,2H3. The molecule has 0 aromatic heterocycles. The summed E-state index contributed by atoms with van der Waals surface area (Å²) >= 11 is 0. The third-order valence-corrected chi connectivity index (χ3v) is 2.86. The molecule has 0 aliphatic rings. The molecule has 82 valence electrons. The van der Waals surface area contributed by atoms with Crippen LogP contribution in [0.2, 0.25) is 0 Å². The van der Waals surface area contributed by atoms with Gasteiger partial charge in [0, 0.05) is 6.42 Å². The van der Waals surface area contributed by atoms with Crippen LogP contribution >= 0.6 is 0 Å². The number of aliphatic hydroxyl groups is 1. The summed E-state index contributed by atoms with van der Waals surface area (Å²) in [6.45, 7) is 5.64. The average Bonchev–Trinajstić information content (AvgIpc) is 2.29. The second-order valence-corrected chi connectivity index (χ2v) is 4.20. The lowest BCUT2D eigenvalue weighted by atomic mass is 9.98. The Morgan fingerprint density at radius 2 is 1.88 bits per heavy atom. The molecule has 0 bridgehead atoms. The maximum absolute atomic E-state index is 9.84. The fourth-order valence-corrected chi connectivity index (χ4v) is 1.85. The lowest BCUT2D eigenvalue weighted by molar-refractivity contribution is 0.212. The Hall–Kier alpha value is -1.60. The molecule has 0 spiro atoms. The fourth-order valence-electron chi connectivity index (χ4n) is 1.85. The Balaban J connectivity index is 2.41. The third-order valence-electron chi connectivity index (χ3n) is 2.86. The summed E-state index contributed by atoms with van der Waals surface area (Å²) in [5.74, 6) is 0. The van der Waals surface area contributed by atoms with E-state index in [1.165, 1.54) is 16.3 Å². The van der Waals surface area contributed by atoms with Gasteiger partial charge in [-0.2, -0.15) is 0 Å². The van der Waals surface area contributed by atoms with Gasteiger partial charge in [-0.1, -0.05) is 54.6 Å². The van der Waals surface area contributed by atoms with E-state index >= 15 is 0 Å². The second-order valence-electron chi connectivity index (χ2n) is 4.20. The Labute approximate surface area is 96.0 Å². The van der Waals surface area contributed by atoms with Gasteiger partial charge in [0.25, 0.3) is 0 Å². The normalized spacial score (nSPS) is 12.6. The van der Waals surface area contributed by atoms with E-state index in [0.29, 0.717) is 6.42 Å². The van der Waals surface area contributed by atoms with Crippen LogP contribution in [-0.2, 0) is 6.42 Å². The predicted octanol–water partition coefficient (Wildman–Crippen LogP) is 3.32. The second kappa shape index (κ2) is 4.50. The highest BCUT2D eigenvalue weighted by molar-refractivity contribution is 5.85. The van der Waals surface area contributed by atoms with Crippen molar-refractivity contribution >= 4 is 10.8 Å². The molecule has 1 N–H and O–H groups in total. The Bertz CT molecular complexity index is 508. The van der Waals surface area contributed by atoms with Crippen molar-refractivity contribution in [3.8, 4) is 0 Å². The molecular formula is C15H16O. The zero-order valence-electron chi connectivity index (χ0n) is 9.48. The molecule has 16 heavy (non-hydrogen) atoms. The minimum Gasteiger partial charge on any atom is -0.388 e. The van der Waals surface area contributed by atoms with Crippen LogP contribution in [0.4, 0.5) is 0 Å². The third kappa shape index (κ3) is 2.15. The highest BCUT2D eigenvalue weighted by Gasteiger charge is 2.08. The number of benzene rings is 2. The molecular weight excluding hydrogens is 196 g/mol. The number of hydrogen-bond donors (Lipinski definition) is 1. The molecule has 0 heterocycles. The summed E-state index contributed by atoms with van der Waals surface area (Å²) in [5, 5.41) is 12.3. The van der Waals surface area contributed by atoms with E-state index in [1.54, 1.807) is 0 Å². The van der Waals surface area contributed by atoms with Gasteiger partial charge in [0.2, 0.25) is 0 Å². The molecule has 1 heteroatoms. The number of rotatable bonds is 3. The Morgan fingerprint density at radius 1 is 1.19 bits per heavy atom. The minimum atomic E-state index is -0.453. The molecule has 0 fully saturated rings. The smallest absolute Gasteiger partial charge is 0.0785 e. The summed E-state index contributed by atoms with van der Waals surface area (Å²) in [5.41, 5.74) is 1.99. The number of aliphatic hydroxyl groups excluding tert-OH is 1. The lowest BCUT2D eigenvalue weighted by Crippen LogP contribution is -2.11. The quantitative estimate of drug-likeness (QED) is 0.774. The van der Waals surface area contributed by atoms with Crippen LogP contribution in [-0.4, -0.2) is 11.2 Å². The molecule has 0 amide bonds. The molecule has 2 aromatic rings. The zero-order chi connectivity index (χ0) is 11.5. The summed E-state index contributed by atoms with van der Waals surface area (Å²) in [6.07, 6.45) is 0.183. The van der Waals surface area contributed by atoms with E-state index in [4.69, 9.17) is 0 Å². The fraction of sp³-hybridized carbons (Fsp3) is 0.200. The van der Waals surface area contributed by atoms with Gasteiger partial charge in [0.05, 0.1) is 6.10 Å². The number of fused-ring (bicyclic) bond motifs is 1. The summed E-state index contributed by atoms with van der Waals surface area (Å²) < 4.78 is 0. The van der Waals surface area contributed by atoms with Crippen molar-refractivity contribution < 1.29 is 5.11 Å². The largest absolute Gasteiger partial charge is 0.388 e. The van der Waals surface area contributed by atoms with E-state index < -0.39 is 6.10 Å². The minimum absolute atomic E-state index is 0.453. The molecule has 1 nitrogen and oxygen atoms in total. The molecule has 1 unspecified atom stereocenters. The lowest BCUT2D eigenvalue weighted by Gasteiger charge is -2.12. The molecule has 0 radical (unpaired) electrons. The molecule has 2 aromatic carbocycles. The van der Waals surface area contributed by atoms with Gasteiger partial charge in [-0.15, -0.1) is 0 Å². The average molecular weight is 212 g/mol. The highest BCUT2D eigenvalue weighted by atomic mass is 16.3. The van der Waals surface area contributed by atoms with E-state index in [-0.39, 0.29) is 0 Å². The van der Waals surface area contributed by atoms with Crippen molar-refractivity contribution in [3.05, 3.63) is 60.2 Å². The van der Waals surface area contributed by atoms with Crippen LogP contribution in [0.1, 0.15) is 12.5 Å². The first kappa shape index (κ1) is 10.9. The van der Waals surface area contributed by atoms with Crippen LogP contribution < -0.4 is 0 Å². The summed E-state index contributed by atoms with van der Waals surface area (Å²) in [4.78, 5) is 0. The van der Waals surface area contributed by atoms with E-state index in [9.17, 15) is 5.11 Å². The first-order valence-electron chi connectivity index (χ1n) is 5.48. The van der Waals surface area contributed by atoms with Crippen LogP contribution in [0.15, 0.2) is 54.6 Å². The van der Waals surface area contributed by atoms with Gasteiger partial charge in [-0.05, 0) is 23.3 Å². The molecule has 1 atom stereocenters. The van der Waals surface area contributed by atoms with Crippen LogP contribution in [0.3, 0.4) is 0 Å². The van der Waals surface area contributed by atoms with Crippen molar-refractivity contribution in [2.75, 3.05) is 0 Å². The van der Waals surface area contributed by atoms with Crippen LogP contribution in [0.25, 0.3) is 10.8 Å². The first-order chi connectivity index (χ1) is 7.68. The monoisotopic (exact) mass is 212 g/mol. The maximum atomic E-state index is 9.84. The highest BCUT2D eigenvalue weighted by Crippen LogP contribution is 2.20. The van der Waals surface area contributed by atoms with Crippen molar-refractivity contribution in [2.45, 2.75) is 19.4 Å². The van der Waals surface area contributed by atoms with Gasteiger partial charge < -0.3 is 5.11 Å². The van der Waals surface area contributed by atoms with Crippen LogP contribution in [0.5, 0.6) is 0 Å². The van der Waals surface area contributed by atoms with Gasteiger partial charge in [-0.3, -0.25) is 0 Å². The summed E-state index contributed by atoms with van der Waals surface area (Å²) in [6, 6.07) is 14.4. The Morgan fingerprint density at radius 3 is 2.62 bits per heavy atom. The topological polar surface area (TPSA) is 20.2 Å². The van der Waals surface area contributed by atoms with Gasteiger partial charge in [0.1, 0.15) is 0 Å². The van der Waals surface area contributed by atoms with Crippen molar-refractivity contribution in [1.82, 2.24) is 0 Å². The van der Waals surface area contributed by atoms with Crippen molar-refractivity contribution in [2.24, 2.45) is 0 Å². The van der Waals surface area contributed by atoms with Crippen molar-refractivity contribution in [1.29, 1.82) is 0 Å². The van der Waals surface area contributed by atoms with Gasteiger partial charge >= 0.3 is 0 Å². The SMILES string of the molecule is C=C(C)C(O)Cc1cccc2ccccc12. The van der Waals surface area contributed by atoms with Gasteiger partial charge in [0.15, 0.2) is 0 Å². The first-order valence-corrected chi connectivity index (χ1v) is 5.48. The Kier molecular flexibility index (Phi) is 3.07. The van der Waals surface area contributed by atoms with Gasteiger partial charge in [-0.25, -0.2) is 0 Å². The zero-order valence-corrected chi connectivity index (χ0v) is 9.48. The summed E-state index contributed by atoms with van der Waals surface area (Å²) in [7, 11) is 0. The number of hydrogen-bond acceptors (Lipinski definition) is 1. The van der Waals surface area contributed by atoms with Crippen molar-refractivity contribution in [3.63, 3.8) is 0 Å². The van der Waals surface area contributed by atoms with E-state index in [1.807, 2.05) is 25.1 Å². The van der Waals surface area contributed by atoms with E-state index in [0.717, 1.165) is 5.57 Å². The molecule has 0 aliphatic heterocycles. The molecule has 0 saturated heterocycles. The molecule has 2 rings (SSSR count). The molecule has 0 saturated carbocycles. The maximum Gasteiger partial charge on any atom is 0.0785 e. The molecule has 0 aliphatic carbocycles. The predicted molar refractivity (Wildman–Crippen MR) is 68.5 cm³/mol. The van der Waals surface area contributed by atoms with Crippen LogP contribution in [0, 0.1) is 0 Å².